The number of ether oxygens (including phenoxy) is 2. The molecular formula is C19H14FN2O3. The van der Waals surface area contributed by atoms with Gasteiger partial charge < -0.3 is 9.47 Å². The fraction of sp³-hybridized carbons (Fsp3) is 0.0526. The number of hydrogen-bond donors (Lipinski definition) is 1. The lowest BCUT2D eigenvalue weighted by Crippen LogP contribution is -2.14. The number of anilines is 1. The largest absolute Gasteiger partial charge is 0.457 e. The zero-order valence-electron chi connectivity index (χ0n) is 13.1. The number of carbonyl (C=O) groups is 1. The lowest BCUT2D eigenvalue weighted by atomic mass is 10.2. The Balaban J connectivity index is 1.58. The molecule has 0 saturated carbocycles. The quantitative estimate of drug-likeness (QED) is 0.741. The van der Waals surface area contributed by atoms with Gasteiger partial charge in [0.1, 0.15) is 18.1 Å². The maximum Gasteiger partial charge on any atom is 0.412 e. The molecule has 0 fully saturated rings. The van der Waals surface area contributed by atoms with Crippen LogP contribution in [0.3, 0.4) is 0 Å². The van der Waals surface area contributed by atoms with Crippen LogP contribution in [0.25, 0.3) is 0 Å². The minimum absolute atomic E-state index is 0.00621. The standard InChI is InChI=1S/C19H14FN2O3/c20-17-12-16(25-15-8-10-21-11-9-15)6-7-18(17)22-19(23)24-13-14-4-2-1-3-5-14/h1-10,12H,13H2,(H,22,23). The highest BCUT2D eigenvalue weighted by atomic mass is 19.1. The molecule has 6 heteroatoms. The van der Waals surface area contributed by atoms with Gasteiger partial charge >= 0.3 is 6.09 Å². The van der Waals surface area contributed by atoms with Crippen molar-refractivity contribution in [3.63, 3.8) is 0 Å². The van der Waals surface area contributed by atoms with E-state index in [0.29, 0.717) is 11.5 Å². The third kappa shape index (κ3) is 4.78. The third-order valence-electron chi connectivity index (χ3n) is 3.22. The highest BCUT2D eigenvalue weighted by Gasteiger charge is 2.10. The highest BCUT2D eigenvalue weighted by molar-refractivity contribution is 5.84. The molecule has 0 bridgehead atoms. The van der Waals surface area contributed by atoms with Crippen LogP contribution in [0.15, 0.2) is 66.9 Å². The van der Waals surface area contributed by atoms with E-state index in [9.17, 15) is 9.18 Å². The molecule has 0 unspecified atom stereocenters. The first-order valence-corrected chi connectivity index (χ1v) is 7.48. The molecule has 0 atom stereocenters. The Morgan fingerprint density at radius 2 is 1.96 bits per heavy atom. The number of rotatable bonds is 5. The molecule has 1 amide bonds. The first kappa shape index (κ1) is 16.4. The Hall–Kier alpha value is -3.41. The minimum atomic E-state index is -0.736. The van der Waals surface area contributed by atoms with E-state index in [1.807, 2.05) is 30.3 Å². The smallest absolute Gasteiger partial charge is 0.412 e. The van der Waals surface area contributed by atoms with Crippen molar-refractivity contribution in [3.05, 3.63) is 84.4 Å². The fourth-order valence-electron chi connectivity index (χ4n) is 2.03. The van der Waals surface area contributed by atoms with Crippen molar-refractivity contribution >= 4 is 11.8 Å². The predicted octanol–water partition coefficient (Wildman–Crippen LogP) is 4.56. The number of amides is 1. The van der Waals surface area contributed by atoms with E-state index in [0.717, 1.165) is 5.56 Å². The molecule has 0 aliphatic heterocycles. The Morgan fingerprint density at radius 1 is 1.12 bits per heavy atom. The first-order valence-electron chi connectivity index (χ1n) is 7.48. The van der Waals surface area contributed by atoms with Gasteiger partial charge in [-0.3, -0.25) is 10.3 Å². The molecule has 0 aliphatic carbocycles. The number of hydrogen-bond acceptors (Lipinski definition) is 4. The molecule has 5 nitrogen and oxygen atoms in total. The Bertz CT molecular complexity index is 842. The predicted molar refractivity (Wildman–Crippen MR) is 89.8 cm³/mol. The maximum atomic E-state index is 14.1. The summed E-state index contributed by atoms with van der Waals surface area (Å²) >= 11 is 0. The topological polar surface area (TPSA) is 60.5 Å². The van der Waals surface area contributed by atoms with Crippen molar-refractivity contribution in [2.45, 2.75) is 6.61 Å². The van der Waals surface area contributed by atoms with Crippen molar-refractivity contribution in [1.82, 2.24) is 4.98 Å². The van der Waals surface area contributed by atoms with Gasteiger partial charge in [-0.2, -0.15) is 0 Å². The maximum absolute atomic E-state index is 14.1. The summed E-state index contributed by atoms with van der Waals surface area (Å²) in [6.45, 7) is 0.105. The second-order valence-corrected chi connectivity index (χ2v) is 5.05. The fourth-order valence-corrected chi connectivity index (χ4v) is 2.03. The van der Waals surface area contributed by atoms with E-state index in [-0.39, 0.29) is 12.3 Å². The van der Waals surface area contributed by atoms with Crippen LogP contribution in [0.2, 0.25) is 0 Å². The van der Waals surface area contributed by atoms with E-state index in [1.165, 1.54) is 30.5 Å². The van der Waals surface area contributed by atoms with E-state index in [1.54, 1.807) is 6.07 Å². The highest BCUT2D eigenvalue weighted by Crippen LogP contribution is 2.25. The van der Waals surface area contributed by atoms with Gasteiger partial charge in [0.2, 0.25) is 0 Å². The average molecular weight is 337 g/mol. The van der Waals surface area contributed by atoms with Gasteiger partial charge in [-0.15, -0.1) is 0 Å². The summed E-state index contributed by atoms with van der Waals surface area (Å²) in [5.41, 5.74) is 0.850. The average Bonchev–Trinajstić information content (AvgIpc) is 2.64. The Kier molecular flexibility index (Phi) is 5.21. The lowest BCUT2D eigenvalue weighted by molar-refractivity contribution is 0.155. The molecule has 3 rings (SSSR count). The third-order valence-corrected chi connectivity index (χ3v) is 3.22. The lowest BCUT2D eigenvalue weighted by Gasteiger charge is -2.10. The summed E-state index contributed by atoms with van der Waals surface area (Å²) in [6.07, 6.45) is 3.40. The zero-order chi connectivity index (χ0) is 17.5. The van der Waals surface area contributed by atoms with Gasteiger partial charge in [-0.1, -0.05) is 30.3 Å². The van der Waals surface area contributed by atoms with Crippen LogP contribution >= 0.6 is 0 Å². The second-order valence-electron chi connectivity index (χ2n) is 5.05. The van der Waals surface area contributed by atoms with Gasteiger partial charge in [0, 0.05) is 18.3 Å². The molecular weight excluding hydrogens is 323 g/mol. The molecule has 125 valence electrons. The normalized spacial score (nSPS) is 10.1. The van der Waals surface area contributed by atoms with Crippen LogP contribution < -0.4 is 10.1 Å². The minimum Gasteiger partial charge on any atom is -0.457 e. The van der Waals surface area contributed by atoms with Crippen LogP contribution in [-0.4, -0.2) is 11.1 Å². The van der Waals surface area contributed by atoms with Crippen molar-refractivity contribution in [2.75, 3.05) is 5.32 Å². The van der Waals surface area contributed by atoms with Crippen LogP contribution in [0.5, 0.6) is 11.5 Å². The molecule has 25 heavy (non-hydrogen) atoms. The molecule has 0 aliphatic rings. The number of benzene rings is 2. The molecule has 2 aromatic carbocycles. The van der Waals surface area contributed by atoms with Crippen molar-refractivity contribution in [2.24, 2.45) is 0 Å². The van der Waals surface area contributed by atoms with Crippen LogP contribution in [0.1, 0.15) is 5.56 Å². The molecule has 1 heterocycles. The first-order chi connectivity index (χ1) is 12.2. The van der Waals surface area contributed by atoms with E-state index < -0.39 is 11.9 Å². The van der Waals surface area contributed by atoms with Gasteiger partial charge in [0.05, 0.1) is 11.9 Å². The van der Waals surface area contributed by atoms with Crippen LogP contribution in [-0.2, 0) is 11.3 Å². The summed E-state index contributed by atoms with van der Waals surface area (Å²) in [5.74, 6) is 0.143. The molecule has 1 aromatic heterocycles. The number of nitrogens with zero attached hydrogens (tertiary/aromatic N) is 1. The van der Waals surface area contributed by atoms with E-state index in [4.69, 9.17) is 9.47 Å². The molecule has 0 saturated heterocycles. The SMILES string of the molecule is O=C(Nc1ccc(Oc2c[c]ncc2)cc1F)OCc1ccccc1. The number of nitrogens with one attached hydrogen (secondary N) is 1. The zero-order valence-corrected chi connectivity index (χ0v) is 13.1. The van der Waals surface area contributed by atoms with Crippen molar-refractivity contribution < 1.29 is 18.7 Å². The van der Waals surface area contributed by atoms with E-state index >= 15 is 0 Å². The Morgan fingerprint density at radius 3 is 2.68 bits per heavy atom. The summed E-state index contributed by atoms with van der Waals surface area (Å²) in [4.78, 5) is 15.5. The summed E-state index contributed by atoms with van der Waals surface area (Å²) in [5, 5.41) is 2.36. The number of aromatic nitrogens is 1. The molecule has 0 spiro atoms. The summed E-state index contributed by atoms with van der Waals surface area (Å²) < 4.78 is 24.6. The molecule has 1 radical (unpaired) electrons. The number of halogens is 1. The van der Waals surface area contributed by atoms with Gasteiger partial charge in [0.25, 0.3) is 0 Å². The van der Waals surface area contributed by atoms with Gasteiger partial charge in [0.15, 0.2) is 5.82 Å². The van der Waals surface area contributed by atoms with Gasteiger partial charge in [-0.25, -0.2) is 9.18 Å². The van der Waals surface area contributed by atoms with Crippen molar-refractivity contribution in [1.29, 1.82) is 0 Å². The van der Waals surface area contributed by atoms with Crippen molar-refractivity contribution in [3.8, 4) is 11.5 Å². The number of carbonyl (C=O) groups excluding carboxylic acids is 1. The molecule has 1 N–H and O–H groups in total. The monoisotopic (exact) mass is 337 g/mol. The summed E-state index contributed by atoms with van der Waals surface area (Å²) in [6, 6.07) is 16.5. The number of pyridine rings is 1. The van der Waals surface area contributed by atoms with Gasteiger partial charge in [-0.05, 0) is 23.8 Å². The van der Waals surface area contributed by atoms with Crippen LogP contribution in [0, 0.1) is 12.0 Å². The van der Waals surface area contributed by atoms with Crippen LogP contribution in [0.4, 0.5) is 14.9 Å². The second kappa shape index (κ2) is 7.92. The Labute approximate surface area is 144 Å². The summed E-state index contributed by atoms with van der Waals surface area (Å²) in [7, 11) is 0. The molecule has 3 aromatic rings. The van der Waals surface area contributed by atoms with E-state index in [2.05, 4.69) is 16.5 Å².